The van der Waals surface area contributed by atoms with Crippen molar-refractivity contribution < 1.29 is 17.9 Å². The number of sulfone groups is 1. The second-order valence-corrected chi connectivity index (χ2v) is 9.07. The van der Waals surface area contributed by atoms with Crippen LogP contribution in [0.5, 0.6) is 5.75 Å². The van der Waals surface area contributed by atoms with Crippen LogP contribution in [-0.2, 0) is 22.8 Å². The average Bonchev–Trinajstić information content (AvgIpc) is 2.60. The molecule has 0 saturated carbocycles. The molecule has 0 atom stereocenters. The third-order valence-electron chi connectivity index (χ3n) is 4.56. The van der Waals surface area contributed by atoms with Gasteiger partial charge in [0.2, 0.25) is 0 Å². The molecule has 0 unspecified atom stereocenters. The lowest BCUT2D eigenvalue weighted by Crippen LogP contribution is -2.36. The van der Waals surface area contributed by atoms with Crippen LogP contribution in [0.25, 0.3) is 0 Å². The van der Waals surface area contributed by atoms with Crippen molar-refractivity contribution in [3.05, 3.63) is 53.1 Å². The highest BCUT2D eigenvalue weighted by Gasteiger charge is 2.26. The van der Waals surface area contributed by atoms with E-state index in [9.17, 15) is 13.2 Å². The van der Waals surface area contributed by atoms with Gasteiger partial charge in [-0.2, -0.15) is 0 Å². The molecule has 1 amide bonds. The Bertz CT molecular complexity index is 983. The van der Waals surface area contributed by atoms with Gasteiger partial charge >= 0.3 is 0 Å². The maximum Gasteiger partial charge on any atom is 0.257 e. The molecule has 2 aromatic rings. The lowest BCUT2D eigenvalue weighted by atomic mass is 9.97. The van der Waals surface area contributed by atoms with E-state index in [1.54, 1.807) is 11.0 Å². The largest absolute Gasteiger partial charge is 0.490 e. The molecule has 27 heavy (non-hydrogen) atoms. The lowest BCUT2D eigenvalue weighted by Gasteiger charge is -2.30. The van der Waals surface area contributed by atoms with Crippen LogP contribution in [0.3, 0.4) is 0 Å². The molecule has 1 aliphatic heterocycles. The average molecular weight is 388 g/mol. The Labute approximate surface area is 159 Å². The number of rotatable bonds is 4. The summed E-state index contributed by atoms with van der Waals surface area (Å²) in [7, 11) is -3.43. The highest BCUT2D eigenvalue weighted by Crippen LogP contribution is 2.29. The Hall–Kier alpha value is -2.54. The molecule has 6 nitrogen and oxygen atoms in total. The Morgan fingerprint density at radius 3 is 2.63 bits per heavy atom. The standard InChI is InChI=1S/C20H24N2O4S/c1-13(2)26-19-8-7-15(27(3,24)25)11-17(19)20(23)22-10-9-16-14(12-22)5-4-6-18(16)21/h4-8,11,13H,9-10,12,21H2,1-3H3. The fourth-order valence-electron chi connectivity index (χ4n) is 3.25. The van der Waals surface area contributed by atoms with Crippen LogP contribution in [0, 0.1) is 0 Å². The van der Waals surface area contributed by atoms with Gasteiger partial charge in [-0.15, -0.1) is 0 Å². The van der Waals surface area contributed by atoms with Crippen molar-refractivity contribution in [3.63, 3.8) is 0 Å². The number of amides is 1. The fraction of sp³-hybridized carbons (Fsp3) is 0.350. The van der Waals surface area contributed by atoms with Gasteiger partial charge in [-0.1, -0.05) is 12.1 Å². The number of benzene rings is 2. The molecule has 0 bridgehead atoms. The van der Waals surface area contributed by atoms with Crippen LogP contribution in [0.15, 0.2) is 41.3 Å². The van der Waals surface area contributed by atoms with Crippen molar-refractivity contribution in [2.75, 3.05) is 18.5 Å². The molecule has 7 heteroatoms. The lowest BCUT2D eigenvalue weighted by molar-refractivity contribution is 0.0728. The Morgan fingerprint density at radius 1 is 1.22 bits per heavy atom. The number of ether oxygens (including phenoxy) is 1. The minimum absolute atomic E-state index is 0.101. The number of hydrogen-bond donors (Lipinski definition) is 1. The van der Waals surface area contributed by atoms with Crippen molar-refractivity contribution >= 4 is 21.4 Å². The van der Waals surface area contributed by atoms with Crippen LogP contribution >= 0.6 is 0 Å². The number of nitrogen functional groups attached to an aromatic ring is 1. The normalized spacial score (nSPS) is 14.1. The molecule has 0 saturated heterocycles. The van der Waals surface area contributed by atoms with Gasteiger partial charge in [-0.3, -0.25) is 4.79 Å². The third kappa shape index (κ3) is 4.08. The first-order valence-electron chi connectivity index (χ1n) is 8.83. The summed E-state index contributed by atoms with van der Waals surface area (Å²) in [6.45, 7) is 4.67. The van der Waals surface area contributed by atoms with Gasteiger partial charge in [0, 0.05) is 25.0 Å². The summed E-state index contributed by atoms with van der Waals surface area (Å²) in [6.07, 6.45) is 1.65. The first-order valence-corrected chi connectivity index (χ1v) is 10.7. The zero-order chi connectivity index (χ0) is 19.8. The van der Waals surface area contributed by atoms with Crippen LogP contribution in [0.1, 0.15) is 35.3 Å². The highest BCUT2D eigenvalue weighted by atomic mass is 32.2. The zero-order valence-electron chi connectivity index (χ0n) is 15.7. The van der Waals surface area contributed by atoms with Gasteiger partial charge < -0.3 is 15.4 Å². The van der Waals surface area contributed by atoms with Crippen molar-refractivity contribution in [1.29, 1.82) is 0 Å². The van der Waals surface area contributed by atoms with E-state index in [0.717, 1.165) is 23.1 Å². The monoisotopic (exact) mass is 388 g/mol. The van der Waals surface area contributed by atoms with Gasteiger partial charge in [-0.05, 0) is 55.7 Å². The summed E-state index contributed by atoms with van der Waals surface area (Å²) in [5.74, 6) is 0.144. The van der Waals surface area contributed by atoms with Gasteiger partial charge in [0.1, 0.15) is 5.75 Å². The number of nitrogens with two attached hydrogens (primary N) is 1. The summed E-state index contributed by atoms with van der Waals surface area (Å²) in [4.78, 5) is 15.0. The molecule has 3 rings (SSSR count). The Morgan fingerprint density at radius 2 is 1.96 bits per heavy atom. The molecular formula is C20H24N2O4S. The van der Waals surface area contributed by atoms with E-state index in [4.69, 9.17) is 10.5 Å². The Balaban J connectivity index is 1.98. The molecule has 0 radical (unpaired) electrons. The number of anilines is 1. The number of carbonyl (C=O) groups is 1. The smallest absolute Gasteiger partial charge is 0.257 e. The third-order valence-corrected chi connectivity index (χ3v) is 5.67. The minimum Gasteiger partial charge on any atom is -0.490 e. The SMILES string of the molecule is CC(C)Oc1ccc(S(C)(=O)=O)cc1C(=O)N1CCc2c(N)cccc2C1. The highest BCUT2D eigenvalue weighted by molar-refractivity contribution is 7.90. The number of nitrogens with zero attached hydrogens (tertiary/aromatic N) is 1. The zero-order valence-corrected chi connectivity index (χ0v) is 16.5. The van der Waals surface area contributed by atoms with Gasteiger partial charge in [0.05, 0.1) is 16.6 Å². The van der Waals surface area contributed by atoms with E-state index in [1.165, 1.54) is 12.1 Å². The maximum atomic E-state index is 13.2. The molecule has 2 aromatic carbocycles. The predicted molar refractivity (Wildman–Crippen MR) is 105 cm³/mol. The molecule has 0 fully saturated rings. The van der Waals surface area contributed by atoms with E-state index in [-0.39, 0.29) is 22.5 Å². The molecule has 0 spiro atoms. The first-order chi connectivity index (χ1) is 12.7. The van der Waals surface area contributed by atoms with Crippen molar-refractivity contribution in [2.45, 2.75) is 37.8 Å². The van der Waals surface area contributed by atoms with Gasteiger partial charge in [0.15, 0.2) is 9.84 Å². The van der Waals surface area contributed by atoms with Crippen molar-refractivity contribution in [3.8, 4) is 5.75 Å². The second kappa shape index (κ2) is 7.23. The van der Waals surface area contributed by atoms with E-state index >= 15 is 0 Å². The van der Waals surface area contributed by atoms with Crippen LogP contribution < -0.4 is 10.5 Å². The fourth-order valence-corrected chi connectivity index (χ4v) is 3.89. The molecule has 1 heterocycles. The van der Waals surface area contributed by atoms with Crippen molar-refractivity contribution in [2.24, 2.45) is 0 Å². The molecule has 0 aromatic heterocycles. The minimum atomic E-state index is -3.43. The molecule has 144 valence electrons. The maximum absolute atomic E-state index is 13.2. The molecular weight excluding hydrogens is 364 g/mol. The second-order valence-electron chi connectivity index (χ2n) is 7.06. The van der Waals surface area contributed by atoms with E-state index in [1.807, 2.05) is 32.0 Å². The summed E-state index contributed by atoms with van der Waals surface area (Å²) < 4.78 is 29.6. The van der Waals surface area contributed by atoms with Gasteiger partial charge in [0.25, 0.3) is 5.91 Å². The number of fused-ring (bicyclic) bond motifs is 1. The number of carbonyl (C=O) groups excluding carboxylic acids is 1. The van der Waals surface area contributed by atoms with Crippen LogP contribution in [-0.4, -0.2) is 38.1 Å². The van der Waals surface area contributed by atoms with E-state index < -0.39 is 9.84 Å². The summed E-state index contributed by atoms with van der Waals surface area (Å²) in [6, 6.07) is 10.1. The summed E-state index contributed by atoms with van der Waals surface area (Å²) in [5, 5.41) is 0. The summed E-state index contributed by atoms with van der Waals surface area (Å²) in [5.41, 5.74) is 9.12. The van der Waals surface area contributed by atoms with Crippen molar-refractivity contribution in [1.82, 2.24) is 4.90 Å². The molecule has 0 aliphatic carbocycles. The van der Waals surface area contributed by atoms with Gasteiger partial charge in [-0.25, -0.2) is 8.42 Å². The molecule has 2 N–H and O–H groups in total. The van der Waals surface area contributed by atoms with Crippen LogP contribution in [0.2, 0.25) is 0 Å². The van der Waals surface area contributed by atoms with E-state index in [0.29, 0.717) is 25.3 Å². The topological polar surface area (TPSA) is 89.7 Å². The summed E-state index contributed by atoms with van der Waals surface area (Å²) >= 11 is 0. The quantitative estimate of drug-likeness (QED) is 0.814. The Kier molecular flexibility index (Phi) is 5.15. The number of hydrogen-bond acceptors (Lipinski definition) is 5. The van der Waals surface area contributed by atoms with E-state index in [2.05, 4.69) is 0 Å². The predicted octanol–water partition coefficient (Wildman–Crippen LogP) is 2.66. The van der Waals surface area contributed by atoms with Crippen LogP contribution in [0.4, 0.5) is 5.69 Å². The molecule has 1 aliphatic rings. The first kappa shape index (κ1) is 19.2.